The molecule has 2 aromatic rings. The monoisotopic (exact) mass is 300 g/mol. The molecule has 1 aromatic heterocycles. The molecular formula is C16H20N4O2. The standard InChI is InChI=1S/C16H20N4O2/c1-4-22-13-7-5-12(6-8-13)10-17-20-16(21)15-9-14(11(2)3)18-19-15/h5-11H,4H2,1-3H3,(H,18,19)(H,20,21). The lowest BCUT2D eigenvalue weighted by molar-refractivity contribution is 0.0950. The summed E-state index contributed by atoms with van der Waals surface area (Å²) in [6, 6.07) is 9.18. The molecule has 22 heavy (non-hydrogen) atoms. The van der Waals surface area contributed by atoms with Crippen molar-refractivity contribution in [1.29, 1.82) is 0 Å². The average Bonchev–Trinajstić information content (AvgIpc) is 2.99. The number of rotatable bonds is 6. The van der Waals surface area contributed by atoms with Gasteiger partial charge in [-0.15, -0.1) is 0 Å². The predicted molar refractivity (Wildman–Crippen MR) is 85.3 cm³/mol. The Balaban J connectivity index is 1.92. The van der Waals surface area contributed by atoms with Crippen LogP contribution in [0.4, 0.5) is 0 Å². The van der Waals surface area contributed by atoms with Gasteiger partial charge in [0.15, 0.2) is 5.69 Å². The highest BCUT2D eigenvalue weighted by Crippen LogP contribution is 2.12. The third kappa shape index (κ3) is 4.18. The van der Waals surface area contributed by atoms with Crippen LogP contribution >= 0.6 is 0 Å². The van der Waals surface area contributed by atoms with Gasteiger partial charge in [0, 0.05) is 5.69 Å². The number of amides is 1. The molecule has 6 nitrogen and oxygen atoms in total. The van der Waals surface area contributed by atoms with Crippen LogP contribution in [0.2, 0.25) is 0 Å². The number of benzene rings is 1. The summed E-state index contributed by atoms with van der Waals surface area (Å²) in [6.45, 7) is 6.62. The van der Waals surface area contributed by atoms with E-state index >= 15 is 0 Å². The van der Waals surface area contributed by atoms with Crippen molar-refractivity contribution in [3.05, 3.63) is 47.3 Å². The topological polar surface area (TPSA) is 79.4 Å². The Morgan fingerprint density at radius 3 is 2.73 bits per heavy atom. The zero-order valence-electron chi connectivity index (χ0n) is 13.0. The second-order valence-corrected chi connectivity index (χ2v) is 5.06. The third-order valence-corrected chi connectivity index (χ3v) is 3.02. The van der Waals surface area contributed by atoms with E-state index in [-0.39, 0.29) is 5.91 Å². The van der Waals surface area contributed by atoms with Crippen LogP contribution in [0, 0.1) is 0 Å². The van der Waals surface area contributed by atoms with Crippen molar-refractivity contribution in [3.63, 3.8) is 0 Å². The smallest absolute Gasteiger partial charge is 0.291 e. The highest BCUT2D eigenvalue weighted by atomic mass is 16.5. The lowest BCUT2D eigenvalue weighted by Gasteiger charge is -2.02. The van der Waals surface area contributed by atoms with E-state index in [1.54, 1.807) is 12.3 Å². The highest BCUT2D eigenvalue weighted by molar-refractivity contribution is 5.93. The molecule has 0 saturated heterocycles. The number of hydrogen-bond donors (Lipinski definition) is 2. The van der Waals surface area contributed by atoms with Crippen LogP contribution in [-0.2, 0) is 0 Å². The summed E-state index contributed by atoms with van der Waals surface area (Å²) >= 11 is 0. The first-order valence-electron chi connectivity index (χ1n) is 7.21. The minimum Gasteiger partial charge on any atom is -0.494 e. The van der Waals surface area contributed by atoms with Crippen LogP contribution < -0.4 is 10.2 Å². The van der Waals surface area contributed by atoms with Gasteiger partial charge in [0.25, 0.3) is 5.91 Å². The fraction of sp³-hybridized carbons (Fsp3) is 0.312. The number of carbonyl (C=O) groups is 1. The number of ether oxygens (including phenoxy) is 1. The van der Waals surface area contributed by atoms with Gasteiger partial charge >= 0.3 is 0 Å². The number of nitrogens with one attached hydrogen (secondary N) is 2. The Kier molecular flexibility index (Phi) is 5.30. The van der Waals surface area contributed by atoms with Crippen molar-refractivity contribution in [2.45, 2.75) is 26.7 Å². The van der Waals surface area contributed by atoms with E-state index in [1.165, 1.54) is 0 Å². The first kappa shape index (κ1) is 15.8. The van der Waals surface area contributed by atoms with Gasteiger partial charge in [-0.3, -0.25) is 9.89 Å². The zero-order chi connectivity index (χ0) is 15.9. The van der Waals surface area contributed by atoms with Gasteiger partial charge in [0.05, 0.1) is 12.8 Å². The van der Waals surface area contributed by atoms with Gasteiger partial charge in [-0.05, 0) is 48.7 Å². The van der Waals surface area contributed by atoms with Gasteiger partial charge < -0.3 is 4.74 Å². The van der Waals surface area contributed by atoms with Crippen molar-refractivity contribution in [2.24, 2.45) is 5.10 Å². The second kappa shape index (κ2) is 7.40. The third-order valence-electron chi connectivity index (χ3n) is 3.02. The summed E-state index contributed by atoms with van der Waals surface area (Å²) in [6.07, 6.45) is 1.57. The lowest BCUT2D eigenvalue weighted by atomic mass is 10.1. The molecule has 0 aliphatic heterocycles. The molecule has 0 saturated carbocycles. The number of nitrogens with zero attached hydrogens (tertiary/aromatic N) is 2. The first-order valence-corrected chi connectivity index (χ1v) is 7.21. The molecule has 0 unspecified atom stereocenters. The minimum atomic E-state index is -0.342. The molecule has 0 fully saturated rings. The molecule has 116 valence electrons. The van der Waals surface area contributed by atoms with E-state index < -0.39 is 0 Å². The maximum absolute atomic E-state index is 11.9. The number of hydrazone groups is 1. The summed E-state index contributed by atoms with van der Waals surface area (Å²) in [7, 11) is 0. The second-order valence-electron chi connectivity index (χ2n) is 5.06. The molecule has 1 heterocycles. The van der Waals surface area contributed by atoms with Crippen LogP contribution in [0.15, 0.2) is 35.4 Å². The molecule has 2 N–H and O–H groups in total. The summed E-state index contributed by atoms with van der Waals surface area (Å²) in [4.78, 5) is 11.9. The first-order chi connectivity index (χ1) is 10.6. The van der Waals surface area contributed by atoms with E-state index in [2.05, 4.69) is 20.7 Å². The molecule has 6 heteroatoms. The van der Waals surface area contributed by atoms with Crippen LogP contribution in [0.1, 0.15) is 48.4 Å². The predicted octanol–water partition coefficient (Wildman–Crippen LogP) is 2.70. The molecule has 0 radical (unpaired) electrons. The number of aromatic amines is 1. The zero-order valence-corrected chi connectivity index (χ0v) is 13.0. The van der Waals surface area contributed by atoms with E-state index in [0.717, 1.165) is 17.0 Å². The average molecular weight is 300 g/mol. The van der Waals surface area contributed by atoms with Crippen molar-refractivity contribution in [2.75, 3.05) is 6.61 Å². The van der Waals surface area contributed by atoms with E-state index in [9.17, 15) is 4.79 Å². The summed E-state index contributed by atoms with van der Waals surface area (Å²) in [5, 5.41) is 10.7. The number of H-pyrrole nitrogens is 1. The molecule has 1 amide bonds. The van der Waals surface area contributed by atoms with Crippen LogP contribution in [0.5, 0.6) is 5.75 Å². The maximum atomic E-state index is 11.9. The number of aromatic nitrogens is 2. The quantitative estimate of drug-likeness (QED) is 0.636. The van der Waals surface area contributed by atoms with Crippen molar-refractivity contribution in [3.8, 4) is 5.75 Å². The van der Waals surface area contributed by atoms with Crippen LogP contribution in [0.3, 0.4) is 0 Å². The Morgan fingerprint density at radius 2 is 2.14 bits per heavy atom. The Morgan fingerprint density at radius 1 is 1.41 bits per heavy atom. The number of hydrogen-bond acceptors (Lipinski definition) is 4. The van der Waals surface area contributed by atoms with Crippen LogP contribution in [0.25, 0.3) is 0 Å². The van der Waals surface area contributed by atoms with Gasteiger partial charge in [-0.2, -0.15) is 10.2 Å². The molecule has 0 spiro atoms. The molecular weight excluding hydrogens is 280 g/mol. The summed E-state index contributed by atoms with van der Waals surface area (Å²) in [5.74, 6) is 0.758. The molecule has 0 bridgehead atoms. The van der Waals surface area contributed by atoms with Crippen molar-refractivity contribution < 1.29 is 9.53 Å². The Hall–Kier alpha value is -2.63. The lowest BCUT2D eigenvalue weighted by Crippen LogP contribution is -2.18. The highest BCUT2D eigenvalue weighted by Gasteiger charge is 2.11. The van der Waals surface area contributed by atoms with Gasteiger partial charge in [0.1, 0.15) is 5.75 Å². The van der Waals surface area contributed by atoms with E-state index in [0.29, 0.717) is 18.2 Å². The normalized spacial score (nSPS) is 11.1. The van der Waals surface area contributed by atoms with E-state index in [1.807, 2.05) is 45.0 Å². The molecule has 1 aromatic carbocycles. The molecule has 0 atom stereocenters. The molecule has 0 aliphatic carbocycles. The van der Waals surface area contributed by atoms with Gasteiger partial charge in [-0.25, -0.2) is 5.43 Å². The Bertz CT molecular complexity index is 644. The maximum Gasteiger partial charge on any atom is 0.291 e. The van der Waals surface area contributed by atoms with Crippen molar-refractivity contribution in [1.82, 2.24) is 15.6 Å². The summed E-state index contributed by atoms with van der Waals surface area (Å²) < 4.78 is 5.36. The number of carbonyl (C=O) groups excluding carboxylic acids is 1. The van der Waals surface area contributed by atoms with Crippen molar-refractivity contribution >= 4 is 12.1 Å². The minimum absolute atomic E-state index is 0.293. The van der Waals surface area contributed by atoms with Gasteiger partial charge in [-0.1, -0.05) is 13.8 Å². The largest absolute Gasteiger partial charge is 0.494 e. The van der Waals surface area contributed by atoms with Gasteiger partial charge in [0.2, 0.25) is 0 Å². The fourth-order valence-electron chi connectivity index (χ4n) is 1.79. The molecule has 0 aliphatic rings. The SMILES string of the molecule is CCOc1ccc(C=NNC(=O)c2cc(C(C)C)[nH]n2)cc1. The summed E-state index contributed by atoms with van der Waals surface area (Å²) in [5.41, 5.74) is 4.57. The Labute approximate surface area is 129 Å². The van der Waals surface area contributed by atoms with E-state index in [4.69, 9.17) is 4.74 Å². The molecule has 2 rings (SSSR count). The fourth-order valence-corrected chi connectivity index (χ4v) is 1.79. The van der Waals surface area contributed by atoms with Crippen LogP contribution in [-0.4, -0.2) is 28.9 Å².